The number of aliphatic hydroxyl groups is 1. The molecule has 0 spiro atoms. The molecule has 0 fully saturated rings. The van der Waals surface area contributed by atoms with Crippen molar-refractivity contribution in [3.63, 3.8) is 0 Å². The van der Waals surface area contributed by atoms with Crippen molar-refractivity contribution < 1.29 is 9.50 Å². The van der Waals surface area contributed by atoms with Gasteiger partial charge < -0.3 is 5.11 Å². The SMILES string of the molecule is Cc1ccc(C(O)c2ccc(C(C)(C)C)s2)c(F)c1. The number of aliphatic hydroxyl groups excluding tert-OH is 1. The summed E-state index contributed by atoms with van der Waals surface area (Å²) in [6.45, 7) is 8.21. The van der Waals surface area contributed by atoms with Crippen molar-refractivity contribution in [3.05, 3.63) is 57.0 Å². The Labute approximate surface area is 117 Å². The lowest BCUT2D eigenvalue weighted by atomic mass is 9.95. The van der Waals surface area contributed by atoms with Gasteiger partial charge in [0.25, 0.3) is 0 Å². The topological polar surface area (TPSA) is 20.2 Å². The molecule has 2 rings (SSSR count). The Balaban J connectivity index is 2.34. The van der Waals surface area contributed by atoms with Gasteiger partial charge in [-0.25, -0.2) is 4.39 Å². The van der Waals surface area contributed by atoms with E-state index in [1.54, 1.807) is 6.07 Å². The normalized spacial score (nSPS) is 13.6. The molecule has 1 unspecified atom stereocenters. The molecular weight excluding hydrogens is 259 g/mol. The Bertz CT molecular complexity index is 581. The first kappa shape index (κ1) is 14.2. The lowest BCUT2D eigenvalue weighted by Crippen LogP contribution is -2.08. The highest BCUT2D eigenvalue weighted by Gasteiger charge is 2.21. The summed E-state index contributed by atoms with van der Waals surface area (Å²) in [5.74, 6) is -0.349. The monoisotopic (exact) mass is 278 g/mol. The second-order valence-electron chi connectivity index (χ2n) is 5.88. The van der Waals surface area contributed by atoms with Crippen LogP contribution in [0.25, 0.3) is 0 Å². The number of hydrogen-bond acceptors (Lipinski definition) is 2. The Morgan fingerprint density at radius 3 is 2.37 bits per heavy atom. The zero-order chi connectivity index (χ0) is 14.2. The van der Waals surface area contributed by atoms with Crippen LogP contribution in [0.15, 0.2) is 30.3 Å². The average Bonchev–Trinajstić information content (AvgIpc) is 2.76. The fourth-order valence-electron chi connectivity index (χ4n) is 1.91. The molecule has 2 aromatic rings. The second-order valence-corrected chi connectivity index (χ2v) is 6.99. The summed E-state index contributed by atoms with van der Waals surface area (Å²) in [7, 11) is 0. The van der Waals surface area contributed by atoms with E-state index < -0.39 is 6.10 Å². The van der Waals surface area contributed by atoms with Gasteiger partial charge in [-0.3, -0.25) is 0 Å². The standard InChI is InChI=1S/C16H19FOS/c1-10-5-6-11(12(17)9-10)15(18)13-7-8-14(19-13)16(2,3)4/h5-9,15,18H,1-4H3. The zero-order valence-electron chi connectivity index (χ0n) is 11.7. The molecule has 1 N–H and O–H groups in total. The first-order chi connectivity index (χ1) is 8.79. The van der Waals surface area contributed by atoms with Crippen LogP contribution in [0.5, 0.6) is 0 Å². The van der Waals surface area contributed by atoms with E-state index >= 15 is 0 Å². The first-order valence-electron chi connectivity index (χ1n) is 6.33. The van der Waals surface area contributed by atoms with Crippen LogP contribution in [-0.4, -0.2) is 5.11 Å². The Morgan fingerprint density at radius 1 is 1.16 bits per heavy atom. The fraction of sp³-hybridized carbons (Fsp3) is 0.375. The van der Waals surface area contributed by atoms with Crippen LogP contribution in [0, 0.1) is 12.7 Å². The molecule has 19 heavy (non-hydrogen) atoms. The van der Waals surface area contributed by atoms with Crippen molar-refractivity contribution in [2.24, 2.45) is 0 Å². The fourth-order valence-corrected chi connectivity index (χ4v) is 2.98. The van der Waals surface area contributed by atoms with E-state index in [-0.39, 0.29) is 11.2 Å². The maximum atomic E-state index is 13.9. The van der Waals surface area contributed by atoms with Gasteiger partial charge in [0.1, 0.15) is 11.9 Å². The van der Waals surface area contributed by atoms with Crippen LogP contribution in [0.3, 0.4) is 0 Å². The van der Waals surface area contributed by atoms with Crippen molar-refractivity contribution in [3.8, 4) is 0 Å². The third kappa shape index (κ3) is 3.04. The van der Waals surface area contributed by atoms with Crippen molar-refractivity contribution in [2.75, 3.05) is 0 Å². The molecule has 0 radical (unpaired) electrons. The van der Waals surface area contributed by atoms with Crippen molar-refractivity contribution in [1.29, 1.82) is 0 Å². The van der Waals surface area contributed by atoms with Crippen LogP contribution in [0.1, 0.15) is 47.8 Å². The van der Waals surface area contributed by atoms with Crippen molar-refractivity contribution in [1.82, 2.24) is 0 Å². The highest BCUT2D eigenvalue weighted by atomic mass is 32.1. The number of hydrogen-bond donors (Lipinski definition) is 1. The molecule has 102 valence electrons. The largest absolute Gasteiger partial charge is 0.383 e. The van der Waals surface area contributed by atoms with E-state index in [1.807, 2.05) is 25.1 Å². The number of benzene rings is 1. The summed E-state index contributed by atoms with van der Waals surface area (Å²) in [6.07, 6.45) is -0.887. The lowest BCUT2D eigenvalue weighted by Gasteiger charge is -2.16. The van der Waals surface area contributed by atoms with E-state index in [9.17, 15) is 9.50 Å². The molecule has 0 amide bonds. The number of aryl methyl sites for hydroxylation is 1. The van der Waals surface area contributed by atoms with E-state index in [2.05, 4.69) is 20.8 Å². The number of thiophene rings is 1. The third-order valence-corrected chi connectivity index (χ3v) is 4.65. The molecule has 1 aromatic heterocycles. The van der Waals surface area contributed by atoms with Gasteiger partial charge in [-0.2, -0.15) is 0 Å². The van der Waals surface area contributed by atoms with Gasteiger partial charge in [0.15, 0.2) is 0 Å². The Hall–Kier alpha value is -1.19. The maximum Gasteiger partial charge on any atom is 0.129 e. The Morgan fingerprint density at radius 2 is 1.84 bits per heavy atom. The molecule has 0 saturated carbocycles. The quantitative estimate of drug-likeness (QED) is 0.853. The van der Waals surface area contributed by atoms with Gasteiger partial charge in [-0.05, 0) is 36.1 Å². The lowest BCUT2D eigenvalue weighted by molar-refractivity contribution is 0.218. The van der Waals surface area contributed by atoms with E-state index in [0.717, 1.165) is 10.4 Å². The van der Waals surface area contributed by atoms with Gasteiger partial charge in [-0.1, -0.05) is 32.9 Å². The van der Waals surface area contributed by atoms with Gasteiger partial charge in [-0.15, -0.1) is 11.3 Å². The van der Waals surface area contributed by atoms with Gasteiger partial charge in [0.05, 0.1) is 0 Å². The van der Waals surface area contributed by atoms with Crippen molar-refractivity contribution >= 4 is 11.3 Å². The minimum Gasteiger partial charge on any atom is -0.383 e. The molecular formula is C16H19FOS. The molecule has 0 saturated heterocycles. The number of halogens is 1. The van der Waals surface area contributed by atoms with Crippen LogP contribution >= 0.6 is 11.3 Å². The highest BCUT2D eigenvalue weighted by molar-refractivity contribution is 7.12. The van der Waals surface area contributed by atoms with Crippen LogP contribution in [0.4, 0.5) is 4.39 Å². The molecule has 0 bridgehead atoms. The zero-order valence-corrected chi connectivity index (χ0v) is 12.5. The first-order valence-corrected chi connectivity index (χ1v) is 7.15. The maximum absolute atomic E-state index is 13.9. The molecule has 1 heterocycles. The predicted molar refractivity (Wildman–Crippen MR) is 78.2 cm³/mol. The molecule has 1 aromatic carbocycles. The third-order valence-electron chi connectivity index (χ3n) is 3.09. The molecule has 1 atom stereocenters. The number of rotatable bonds is 2. The summed E-state index contributed by atoms with van der Waals surface area (Å²) in [5.41, 5.74) is 1.25. The summed E-state index contributed by atoms with van der Waals surface area (Å²) in [5, 5.41) is 10.3. The summed E-state index contributed by atoms with van der Waals surface area (Å²) in [4.78, 5) is 1.97. The summed E-state index contributed by atoms with van der Waals surface area (Å²) >= 11 is 1.54. The van der Waals surface area contributed by atoms with Crippen LogP contribution in [0.2, 0.25) is 0 Å². The van der Waals surface area contributed by atoms with Gasteiger partial charge in [0.2, 0.25) is 0 Å². The van der Waals surface area contributed by atoms with Gasteiger partial charge >= 0.3 is 0 Å². The van der Waals surface area contributed by atoms with Gasteiger partial charge in [0, 0.05) is 15.3 Å². The van der Waals surface area contributed by atoms with E-state index in [0.29, 0.717) is 5.56 Å². The minimum absolute atomic E-state index is 0.0501. The molecule has 1 nitrogen and oxygen atoms in total. The van der Waals surface area contributed by atoms with Crippen LogP contribution in [-0.2, 0) is 5.41 Å². The summed E-state index contributed by atoms with van der Waals surface area (Å²) < 4.78 is 13.9. The molecule has 0 aliphatic rings. The van der Waals surface area contributed by atoms with Crippen molar-refractivity contribution in [2.45, 2.75) is 39.2 Å². The predicted octanol–water partition coefficient (Wildman–Crippen LogP) is 4.57. The Kier molecular flexibility index (Phi) is 3.79. The molecule has 3 heteroatoms. The highest BCUT2D eigenvalue weighted by Crippen LogP contribution is 2.35. The smallest absolute Gasteiger partial charge is 0.129 e. The summed E-state index contributed by atoms with van der Waals surface area (Å²) in [6, 6.07) is 8.83. The average molecular weight is 278 g/mol. The van der Waals surface area contributed by atoms with E-state index in [4.69, 9.17) is 0 Å². The van der Waals surface area contributed by atoms with Crippen LogP contribution < -0.4 is 0 Å². The second kappa shape index (κ2) is 5.06. The molecule has 0 aliphatic carbocycles. The minimum atomic E-state index is -0.887. The van der Waals surface area contributed by atoms with E-state index in [1.165, 1.54) is 22.3 Å². The molecule has 0 aliphatic heterocycles.